The number of hydrogen-bond acceptors (Lipinski definition) is 2. The SMILES string of the molecule is CC(C)C1CCCN1C(CN)C(C)c1ccccc1. The summed E-state index contributed by atoms with van der Waals surface area (Å²) in [6.07, 6.45) is 2.65. The van der Waals surface area contributed by atoms with E-state index in [-0.39, 0.29) is 0 Å². The smallest absolute Gasteiger partial charge is 0.0287 e. The predicted octanol–water partition coefficient (Wildman–Crippen LogP) is 3.24. The molecule has 0 bridgehead atoms. The van der Waals surface area contributed by atoms with Crippen molar-refractivity contribution < 1.29 is 0 Å². The number of rotatable bonds is 5. The van der Waals surface area contributed by atoms with Crippen molar-refractivity contribution in [3.8, 4) is 0 Å². The van der Waals surface area contributed by atoms with Gasteiger partial charge >= 0.3 is 0 Å². The predicted molar refractivity (Wildman–Crippen MR) is 82.3 cm³/mol. The Morgan fingerprint density at radius 1 is 1.21 bits per heavy atom. The number of nitrogens with two attached hydrogens (primary N) is 1. The van der Waals surface area contributed by atoms with E-state index in [1.165, 1.54) is 24.9 Å². The lowest BCUT2D eigenvalue weighted by Crippen LogP contribution is -2.48. The first kappa shape index (κ1) is 14.5. The van der Waals surface area contributed by atoms with Gasteiger partial charge in [0.2, 0.25) is 0 Å². The molecule has 1 fully saturated rings. The third kappa shape index (κ3) is 3.18. The Labute approximate surface area is 118 Å². The second-order valence-electron chi connectivity index (χ2n) is 6.19. The first-order chi connectivity index (χ1) is 9.15. The standard InChI is InChI=1S/C17H28N2/c1-13(2)16-10-7-11-19(16)17(12-18)14(3)15-8-5-4-6-9-15/h4-6,8-9,13-14,16-17H,7,10-12,18H2,1-3H3. The Balaban J connectivity index is 2.15. The van der Waals surface area contributed by atoms with E-state index in [1.54, 1.807) is 0 Å². The summed E-state index contributed by atoms with van der Waals surface area (Å²) in [6, 6.07) is 12.0. The molecule has 1 aromatic carbocycles. The highest BCUT2D eigenvalue weighted by Gasteiger charge is 2.34. The first-order valence-electron chi connectivity index (χ1n) is 7.66. The molecule has 1 heterocycles. The molecular formula is C17H28N2. The minimum Gasteiger partial charge on any atom is -0.329 e. The zero-order valence-corrected chi connectivity index (χ0v) is 12.5. The molecule has 1 aliphatic rings. The van der Waals surface area contributed by atoms with Crippen LogP contribution in [0.1, 0.15) is 45.1 Å². The van der Waals surface area contributed by atoms with Crippen molar-refractivity contribution >= 4 is 0 Å². The van der Waals surface area contributed by atoms with Gasteiger partial charge in [-0.25, -0.2) is 0 Å². The Morgan fingerprint density at radius 2 is 1.89 bits per heavy atom. The van der Waals surface area contributed by atoms with E-state index < -0.39 is 0 Å². The quantitative estimate of drug-likeness (QED) is 0.880. The average Bonchev–Trinajstić information content (AvgIpc) is 2.90. The lowest BCUT2D eigenvalue weighted by atomic mass is 9.90. The van der Waals surface area contributed by atoms with E-state index in [0.29, 0.717) is 18.0 Å². The summed E-state index contributed by atoms with van der Waals surface area (Å²) in [5, 5.41) is 0. The molecule has 0 aromatic heterocycles. The second kappa shape index (κ2) is 6.53. The molecule has 106 valence electrons. The largest absolute Gasteiger partial charge is 0.329 e. The van der Waals surface area contributed by atoms with Gasteiger partial charge in [-0.05, 0) is 36.8 Å². The summed E-state index contributed by atoms with van der Waals surface area (Å²) in [4.78, 5) is 2.67. The molecular weight excluding hydrogens is 232 g/mol. The van der Waals surface area contributed by atoms with Crippen molar-refractivity contribution in [1.29, 1.82) is 0 Å². The fourth-order valence-electron chi connectivity index (χ4n) is 3.55. The van der Waals surface area contributed by atoms with Gasteiger partial charge in [0.25, 0.3) is 0 Å². The maximum absolute atomic E-state index is 6.11. The van der Waals surface area contributed by atoms with Gasteiger partial charge in [0.05, 0.1) is 0 Å². The molecule has 19 heavy (non-hydrogen) atoms. The Bertz CT molecular complexity index is 374. The molecule has 1 saturated heterocycles. The van der Waals surface area contributed by atoms with Gasteiger partial charge in [-0.2, -0.15) is 0 Å². The van der Waals surface area contributed by atoms with Crippen molar-refractivity contribution in [3.63, 3.8) is 0 Å². The molecule has 1 aliphatic heterocycles. The van der Waals surface area contributed by atoms with Crippen LogP contribution in [0, 0.1) is 5.92 Å². The highest BCUT2D eigenvalue weighted by molar-refractivity contribution is 5.21. The molecule has 0 saturated carbocycles. The van der Waals surface area contributed by atoms with Crippen LogP contribution < -0.4 is 5.73 Å². The third-order valence-electron chi connectivity index (χ3n) is 4.68. The number of hydrogen-bond donors (Lipinski definition) is 1. The molecule has 0 aliphatic carbocycles. The fraction of sp³-hybridized carbons (Fsp3) is 0.647. The third-order valence-corrected chi connectivity index (χ3v) is 4.68. The van der Waals surface area contributed by atoms with Crippen molar-refractivity contribution in [2.45, 2.75) is 51.6 Å². The molecule has 3 unspecified atom stereocenters. The zero-order chi connectivity index (χ0) is 13.8. The van der Waals surface area contributed by atoms with E-state index in [4.69, 9.17) is 5.73 Å². The number of likely N-dealkylation sites (tertiary alicyclic amines) is 1. The van der Waals surface area contributed by atoms with Gasteiger partial charge < -0.3 is 5.73 Å². The maximum atomic E-state index is 6.11. The highest BCUT2D eigenvalue weighted by Crippen LogP contribution is 2.31. The molecule has 2 rings (SSSR count). The molecule has 0 spiro atoms. The molecule has 2 N–H and O–H groups in total. The van der Waals surface area contributed by atoms with Gasteiger partial charge in [-0.15, -0.1) is 0 Å². The van der Waals surface area contributed by atoms with Crippen LogP contribution >= 0.6 is 0 Å². The molecule has 2 heteroatoms. The average molecular weight is 260 g/mol. The van der Waals surface area contributed by atoms with Crippen LogP contribution in [-0.4, -0.2) is 30.1 Å². The second-order valence-corrected chi connectivity index (χ2v) is 6.19. The lowest BCUT2D eigenvalue weighted by Gasteiger charge is -2.38. The Kier molecular flexibility index (Phi) is 5.00. The minimum absolute atomic E-state index is 0.470. The Hall–Kier alpha value is -0.860. The summed E-state index contributed by atoms with van der Waals surface area (Å²) in [5.74, 6) is 1.23. The number of benzene rings is 1. The van der Waals surface area contributed by atoms with Crippen LogP contribution in [0.15, 0.2) is 30.3 Å². The monoisotopic (exact) mass is 260 g/mol. The van der Waals surface area contributed by atoms with Crippen LogP contribution in [-0.2, 0) is 0 Å². The van der Waals surface area contributed by atoms with Crippen molar-refractivity contribution in [1.82, 2.24) is 4.90 Å². The van der Waals surface area contributed by atoms with E-state index in [0.717, 1.165) is 12.5 Å². The van der Waals surface area contributed by atoms with Gasteiger partial charge in [0, 0.05) is 18.6 Å². The molecule has 0 amide bonds. The normalized spacial score (nSPS) is 23.7. The summed E-state index contributed by atoms with van der Waals surface area (Å²) in [5.41, 5.74) is 7.52. The van der Waals surface area contributed by atoms with Gasteiger partial charge in [0.1, 0.15) is 0 Å². The zero-order valence-electron chi connectivity index (χ0n) is 12.5. The summed E-state index contributed by atoms with van der Waals surface area (Å²) < 4.78 is 0. The molecule has 0 radical (unpaired) electrons. The fourth-order valence-corrected chi connectivity index (χ4v) is 3.55. The number of nitrogens with zero attached hydrogens (tertiary/aromatic N) is 1. The summed E-state index contributed by atoms with van der Waals surface area (Å²) in [6.45, 7) is 8.96. The van der Waals surface area contributed by atoms with Crippen LogP contribution in [0.3, 0.4) is 0 Å². The first-order valence-corrected chi connectivity index (χ1v) is 7.66. The molecule has 1 aromatic rings. The molecule has 3 atom stereocenters. The highest BCUT2D eigenvalue weighted by atomic mass is 15.2. The van der Waals surface area contributed by atoms with E-state index >= 15 is 0 Å². The lowest BCUT2D eigenvalue weighted by molar-refractivity contribution is 0.133. The van der Waals surface area contributed by atoms with Gasteiger partial charge in [0.15, 0.2) is 0 Å². The summed E-state index contributed by atoms with van der Waals surface area (Å²) >= 11 is 0. The molecule has 2 nitrogen and oxygen atoms in total. The maximum Gasteiger partial charge on any atom is 0.0287 e. The van der Waals surface area contributed by atoms with Crippen molar-refractivity contribution in [2.75, 3.05) is 13.1 Å². The Morgan fingerprint density at radius 3 is 2.47 bits per heavy atom. The van der Waals surface area contributed by atoms with E-state index in [9.17, 15) is 0 Å². The van der Waals surface area contributed by atoms with E-state index in [2.05, 4.69) is 56.0 Å². The van der Waals surface area contributed by atoms with Crippen LogP contribution in [0.2, 0.25) is 0 Å². The van der Waals surface area contributed by atoms with Gasteiger partial charge in [-0.1, -0.05) is 51.1 Å². The van der Waals surface area contributed by atoms with Crippen LogP contribution in [0.4, 0.5) is 0 Å². The minimum atomic E-state index is 0.470. The van der Waals surface area contributed by atoms with Gasteiger partial charge in [-0.3, -0.25) is 4.90 Å². The summed E-state index contributed by atoms with van der Waals surface area (Å²) in [7, 11) is 0. The van der Waals surface area contributed by atoms with E-state index in [1.807, 2.05) is 0 Å². The topological polar surface area (TPSA) is 29.3 Å². The van der Waals surface area contributed by atoms with Crippen LogP contribution in [0.5, 0.6) is 0 Å². The van der Waals surface area contributed by atoms with Crippen molar-refractivity contribution in [3.05, 3.63) is 35.9 Å². The van der Waals surface area contributed by atoms with Crippen molar-refractivity contribution in [2.24, 2.45) is 11.7 Å². The van der Waals surface area contributed by atoms with Crippen LogP contribution in [0.25, 0.3) is 0 Å².